The Morgan fingerprint density at radius 2 is 1.85 bits per heavy atom. The first kappa shape index (κ1) is 27.4. The second-order valence-corrected chi connectivity index (χ2v) is 9.51. The van der Waals surface area contributed by atoms with E-state index < -0.39 is 55.2 Å². The fourth-order valence-corrected chi connectivity index (χ4v) is 4.73. The number of anilines is 1. The van der Waals surface area contributed by atoms with Crippen LogP contribution in [0.3, 0.4) is 0 Å². The molecule has 4 atom stereocenters. The van der Waals surface area contributed by atoms with Crippen molar-refractivity contribution in [2.75, 3.05) is 12.3 Å². The molecule has 14 heteroatoms. The molecule has 0 radical (unpaired) electrons. The number of hydrogen-bond acceptors (Lipinski definition) is 9. The van der Waals surface area contributed by atoms with Gasteiger partial charge in [0.2, 0.25) is 5.28 Å². The zero-order valence-electron chi connectivity index (χ0n) is 20.6. The quantitative estimate of drug-likeness (QED) is 0.171. The first-order valence-corrected chi connectivity index (χ1v) is 12.4. The van der Waals surface area contributed by atoms with Crippen LogP contribution in [0, 0.1) is 0 Å². The standard InChI is InChI=1S/C26H23ClFN5O7/c27-25-31-20(29)15-8-10-33(21(15)32-25)22-18(28)19(34)17(40-22)12-39-26(23(35)36,24(37)38)11-13-4-6-14(7-5-13)16-3-1-2-9-30-16/h1-10,17-19,22,34H,11-12H2,(H,35,36)(H,37,38)(H2,29,31,32)/t17-,18+,19-,22-/m1/s1. The number of pyridine rings is 1. The van der Waals surface area contributed by atoms with Crippen LogP contribution in [0.4, 0.5) is 10.2 Å². The van der Waals surface area contributed by atoms with Gasteiger partial charge in [0.1, 0.15) is 23.7 Å². The number of aliphatic hydroxyl groups is 1. The molecular formula is C26H23ClFN5O7. The zero-order valence-corrected chi connectivity index (χ0v) is 21.3. The third-order valence-electron chi connectivity index (χ3n) is 6.69. The number of benzene rings is 1. The average Bonchev–Trinajstić information content (AvgIpc) is 3.47. The van der Waals surface area contributed by atoms with Crippen molar-refractivity contribution in [3.8, 4) is 11.3 Å². The minimum absolute atomic E-state index is 0.0587. The maximum atomic E-state index is 15.2. The van der Waals surface area contributed by atoms with Crippen LogP contribution in [-0.2, 0) is 25.5 Å². The normalized spacial score (nSPS) is 21.1. The fourth-order valence-electron chi connectivity index (χ4n) is 4.56. The van der Waals surface area contributed by atoms with Crippen LogP contribution in [0.1, 0.15) is 11.8 Å². The van der Waals surface area contributed by atoms with Crippen LogP contribution in [0.2, 0.25) is 5.28 Å². The van der Waals surface area contributed by atoms with Crippen LogP contribution in [0.25, 0.3) is 22.3 Å². The van der Waals surface area contributed by atoms with Crippen molar-refractivity contribution >= 4 is 40.4 Å². The van der Waals surface area contributed by atoms with Gasteiger partial charge in [-0.05, 0) is 35.4 Å². The maximum absolute atomic E-state index is 15.2. The molecule has 4 heterocycles. The van der Waals surface area contributed by atoms with E-state index in [-0.39, 0.29) is 16.7 Å². The van der Waals surface area contributed by atoms with Crippen molar-refractivity contribution in [3.63, 3.8) is 0 Å². The number of alkyl halides is 1. The first-order valence-electron chi connectivity index (χ1n) is 12.0. The van der Waals surface area contributed by atoms with Gasteiger partial charge in [-0.1, -0.05) is 30.3 Å². The molecule has 4 aromatic rings. The minimum Gasteiger partial charge on any atom is -0.479 e. The Labute approximate surface area is 230 Å². The number of nitrogens with zero attached hydrogens (tertiary/aromatic N) is 4. The summed E-state index contributed by atoms with van der Waals surface area (Å²) >= 11 is 5.88. The number of aliphatic carboxylic acids is 2. The van der Waals surface area contributed by atoms with E-state index in [2.05, 4.69) is 15.0 Å². The number of ether oxygens (including phenoxy) is 2. The van der Waals surface area contributed by atoms with E-state index in [1.165, 1.54) is 16.8 Å². The predicted octanol–water partition coefficient (Wildman–Crippen LogP) is 2.49. The summed E-state index contributed by atoms with van der Waals surface area (Å²) in [5, 5.41) is 30.6. The van der Waals surface area contributed by atoms with Gasteiger partial charge in [-0.3, -0.25) is 4.98 Å². The van der Waals surface area contributed by atoms with Gasteiger partial charge in [0.05, 0.1) is 17.7 Å². The lowest BCUT2D eigenvalue weighted by Crippen LogP contribution is -2.52. The number of nitrogens with two attached hydrogens (primary N) is 1. The molecular weight excluding hydrogens is 549 g/mol. The summed E-state index contributed by atoms with van der Waals surface area (Å²) in [4.78, 5) is 36.6. The fraction of sp³-hybridized carbons (Fsp3) is 0.269. The molecule has 1 saturated heterocycles. The molecule has 3 aromatic heterocycles. The summed E-state index contributed by atoms with van der Waals surface area (Å²) in [6, 6.07) is 13.4. The van der Waals surface area contributed by atoms with Gasteiger partial charge in [0.25, 0.3) is 5.60 Å². The molecule has 208 valence electrons. The largest absolute Gasteiger partial charge is 0.479 e. The lowest BCUT2D eigenvalue weighted by Gasteiger charge is -2.27. The van der Waals surface area contributed by atoms with Crippen LogP contribution in [0.15, 0.2) is 60.9 Å². The highest BCUT2D eigenvalue weighted by Crippen LogP contribution is 2.36. The summed E-state index contributed by atoms with van der Waals surface area (Å²) < 4.78 is 27.5. The molecule has 0 saturated carbocycles. The molecule has 1 aromatic carbocycles. The van der Waals surface area contributed by atoms with E-state index in [9.17, 15) is 24.9 Å². The number of fused-ring (bicyclic) bond motifs is 1. The minimum atomic E-state index is -2.74. The molecule has 1 aliphatic rings. The Bertz CT molecular complexity index is 1540. The van der Waals surface area contributed by atoms with Gasteiger partial charge in [-0.15, -0.1) is 0 Å². The Balaban J connectivity index is 1.35. The molecule has 0 aliphatic carbocycles. The van der Waals surface area contributed by atoms with E-state index >= 15 is 4.39 Å². The summed E-state index contributed by atoms with van der Waals surface area (Å²) in [5.74, 6) is -3.48. The summed E-state index contributed by atoms with van der Waals surface area (Å²) in [7, 11) is 0. The Morgan fingerprint density at radius 3 is 2.50 bits per heavy atom. The van der Waals surface area contributed by atoms with Crippen LogP contribution >= 0.6 is 11.6 Å². The molecule has 5 rings (SSSR count). The smallest absolute Gasteiger partial charge is 0.348 e. The highest BCUT2D eigenvalue weighted by molar-refractivity contribution is 6.28. The van der Waals surface area contributed by atoms with Gasteiger partial charge in [-0.2, -0.15) is 4.98 Å². The van der Waals surface area contributed by atoms with Crippen LogP contribution in [-0.4, -0.2) is 77.4 Å². The monoisotopic (exact) mass is 571 g/mol. The molecule has 1 aliphatic heterocycles. The van der Waals surface area contributed by atoms with Crippen molar-refractivity contribution < 1.29 is 38.8 Å². The number of hydrogen-bond donors (Lipinski definition) is 4. The number of halogens is 2. The number of carboxylic acid groups (broad SMARTS) is 2. The predicted molar refractivity (Wildman–Crippen MR) is 139 cm³/mol. The topological polar surface area (TPSA) is 183 Å². The second kappa shape index (κ2) is 10.8. The van der Waals surface area contributed by atoms with Gasteiger partial charge < -0.3 is 35.1 Å². The molecule has 12 nitrogen and oxygen atoms in total. The molecule has 1 fully saturated rings. The Morgan fingerprint density at radius 1 is 1.12 bits per heavy atom. The Kier molecular flexibility index (Phi) is 7.38. The molecule has 0 bridgehead atoms. The number of nitrogen functional groups attached to an aromatic ring is 1. The highest BCUT2D eigenvalue weighted by Gasteiger charge is 2.52. The third-order valence-corrected chi connectivity index (χ3v) is 6.86. The van der Waals surface area contributed by atoms with Crippen molar-refractivity contribution in [2.45, 2.75) is 36.6 Å². The average molecular weight is 572 g/mol. The molecule has 0 unspecified atom stereocenters. The SMILES string of the molecule is Nc1nc(Cl)nc2c1ccn2[C@@H]1O[C@H](COC(Cc2ccc(-c3ccccn3)cc2)(C(=O)O)C(=O)O)[C@@H](O)[C@@H]1F. The zero-order chi connectivity index (χ0) is 28.6. The van der Waals surface area contributed by atoms with Gasteiger partial charge in [0.15, 0.2) is 12.4 Å². The summed E-state index contributed by atoms with van der Waals surface area (Å²) in [6.45, 7) is -0.736. The summed E-state index contributed by atoms with van der Waals surface area (Å²) in [5.41, 5.74) is 5.04. The van der Waals surface area contributed by atoms with Gasteiger partial charge in [0, 0.05) is 24.4 Å². The summed E-state index contributed by atoms with van der Waals surface area (Å²) in [6.07, 6.45) is -4.08. The lowest BCUT2D eigenvalue weighted by molar-refractivity contribution is -0.189. The number of rotatable bonds is 9. The van der Waals surface area contributed by atoms with Crippen molar-refractivity contribution in [2.24, 2.45) is 0 Å². The van der Waals surface area contributed by atoms with Crippen molar-refractivity contribution in [1.29, 1.82) is 0 Å². The number of carboxylic acids is 2. The number of aliphatic hydroxyl groups excluding tert-OH is 1. The second-order valence-electron chi connectivity index (χ2n) is 9.18. The molecule has 0 spiro atoms. The first-order chi connectivity index (χ1) is 19.1. The maximum Gasteiger partial charge on any atom is 0.348 e. The van der Waals surface area contributed by atoms with Crippen LogP contribution < -0.4 is 5.73 Å². The highest BCUT2D eigenvalue weighted by atomic mass is 35.5. The lowest BCUT2D eigenvalue weighted by atomic mass is 9.93. The third kappa shape index (κ3) is 4.95. The van der Waals surface area contributed by atoms with Crippen molar-refractivity contribution in [1.82, 2.24) is 19.5 Å². The van der Waals surface area contributed by atoms with E-state index in [1.807, 2.05) is 6.07 Å². The number of carbonyl (C=O) groups is 2. The molecule has 0 amide bonds. The van der Waals surface area contributed by atoms with E-state index in [1.54, 1.807) is 42.6 Å². The van der Waals surface area contributed by atoms with E-state index in [0.717, 1.165) is 5.56 Å². The van der Waals surface area contributed by atoms with Crippen molar-refractivity contribution in [3.05, 3.63) is 71.8 Å². The van der Waals surface area contributed by atoms with Crippen LogP contribution in [0.5, 0.6) is 0 Å². The van der Waals surface area contributed by atoms with E-state index in [4.69, 9.17) is 26.8 Å². The van der Waals surface area contributed by atoms with E-state index in [0.29, 0.717) is 16.6 Å². The number of aromatic nitrogens is 4. The Hall–Kier alpha value is -4.17. The molecule has 40 heavy (non-hydrogen) atoms. The molecule has 5 N–H and O–H groups in total. The van der Waals surface area contributed by atoms with Gasteiger partial charge in [-0.25, -0.2) is 19.0 Å². The van der Waals surface area contributed by atoms with Gasteiger partial charge >= 0.3 is 11.9 Å².